The molecule has 3 rings (SSSR count). The molecule has 186 valence electrons. The maximum atomic E-state index is 12.8. The van der Waals surface area contributed by atoms with Gasteiger partial charge in [-0.05, 0) is 36.5 Å². The number of nitrogens with zero attached hydrogens (tertiary/aromatic N) is 1. The van der Waals surface area contributed by atoms with Crippen LogP contribution in [0.4, 0.5) is 10.7 Å². The molecule has 1 fully saturated rings. The zero-order valence-corrected chi connectivity index (χ0v) is 22.1. The molecule has 0 radical (unpaired) electrons. The van der Waals surface area contributed by atoms with Crippen molar-refractivity contribution in [3.63, 3.8) is 0 Å². The van der Waals surface area contributed by atoms with Gasteiger partial charge in [-0.15, -0.1) is 0 Å². The van der Waals surface area contributed by atoms with Crippen molar-refractivity contribution in [1.82, 2.24) is 0 Å². The summed E-state index contributed by atoms with van der Waals surface area (Å²) in [5.41, 5.74) is 1.62. The quantitative estimate of drug-likeness (QED) is 0.253. The van der Waals surface area contributed by atoms with Gasteiger partial charge < -0.3 is 23.1 Å². The zero-order chi connectivity index (χ0) is 25.1. The van der Waals surface area contributed by atoms with Gasteiger partial charge in [0.2, 0.25) is 5.88 Å². The second-order valence-corrected chi connectivity index (χ2v) is 14.6. The van der Waals surface area contributed by atoms with Crippen LogP contribution in [0.15, 0.2) is 34.7 Å². The van der Waals surface area contributed by atoms with E-state index in [1.165, 1.54) is 19.1 Å². The average Bonchev–Trinajstić information content (AvgIpc) is 3.35. The Bertz CT molecular complexity index is 1010. The molecule has 0 bridgehead atoms. The number of ether oxygens (including phenoxy) is 3. The van der Waals surface area contributed by atoms with Gasteiger partial charge in [-0.25, -0.2) is 14.5 Å². The molecule has 8 nitrogen and oxygen atoms in total. The number of methoxy groups -OCH3 is 2. The number of hydrogen-bond acceptors (Lipinski definition) is 7. The van der Waals surface area contributed by atoms with Gasteiger partial charge in [0, 0.05) is 12.2 Å². The van der Waals surface area contributed by atoms with Gasteiger partial charge in [-0.3, -0.25) is 0 Å². The number of anilines is 1. The molecule has 1 saturated heterocycles. The van der Waals surface area contributed by atoms with E-state index in [0.717, 1.165) is 5.56 Å². The van der Waals surface area contributed by atoms with E-state index in [-0.39, 0.29) is 29.0 Å². The largest absolute Gasteiger partial charge is 0.468 e. The maximum Gasteiger partial charge on any atom is 0.417 e. The lowest BCUT2D eigenvalue weighted by Crippen LogP contribution is -2.41. The minimum absolute atomic E-state index is 0.00803. The first-order valence-corrected chi connectivity index (χ1v) is 14.4. The standard InChI is InChI=1S/C25H35NO7Si/c1-25(2,3)34(6,7)32-15-11-14-18-20(22(27)29-4)23(30-5)33-21(18)26-19(16-31-24(26)28)17-12-9-8-10-13-17/h8-10,12-13,19H,11,14-16H2,1-7H3/t19-/m0/s1. The first-order valence-electron chi connectivity index (χ1n) is 11.4. The molecule has 0 unspecified atom stereocenters. The predicted octanol–water partition coefficient (Wildman–Crippen LogP) is 5.73. The zero-order valence-electron chi connectivity index (χ0n) is 21.1. The molecule has 1 atom stereocenters. The van der Waals surface area contributed by atoms with Crippen LogP contribution in [0.5, 0.6) is 5.95 Å². The van der Waals surface area contributed by atoms with Crippen LogP contribution in [0.3, 0.4) is 0 Å². The van der Waals surface area contributed by atoms with Crippen molar-refractivity contribution >= 4 is 26.3 Å². The monoisotopic (exact) mass is 489 g/mol. The number of cyclic esters (lactones) is 1. The number of carbonyl (C=O) groups is 2. The van der Waals surface area contributed by atoms with E-state index in [4.69, 9.17) is 23.1 Å². The van der Waals surface area contributed by atoms with E-state index in [9.17, 15) is 9.59 Å². The van der Waals surface area contributed by atoms with Crippen LogP contribution in [-0.4, -0.2) is 47.8 Å². The third kappa shape index (κ3) is 5.15. The van der Waals surface area contributed by atoms with Gasteiger partial charge in [-0.1, -0.05) is 51.1 Å². The molecule has 9 heteroatoms. The fraction of sp³-hybridized carbons (Fsp3) is 0.520. The smallest absolute Gasteiger partial charge is 0.417 e. The van der Waals surface area contributed by atoms with Gasteiger partial charge in [0.05, 0.1) is 14.2 Å². The SMILES string of the molecule is COC(=O)c1c(OC)oc(N2C(=O)OC[C@H]2c2ccccc2)c1CCCO[Si](C)(C)C(C)(C)C. The van der Waals surface area contributed by atoms with Crippen LogP contribution < -0.4 is 9.64 Å². The van der Waals surface area contributed by atoms with Crippen molar-refractivity contribution < 1.29 is 32.6 Å². The Balaban J connectivity index is 1.95. The van der Waals surface area contributed by atoms with E-state index in [0.29, 0.717) is 25.0 Å². The lowest BCUT2D eigenvalue weighted by molar-refractivity contribution is 0.0593. The fourth-order valence-electron chi connectivity index (χ4n) is 3.67. The third-order valence-electron chi connectivity index (χ3n) is 6.64. The van der Waals surface area contributed by atoms with Crippen molar-refractivity contribution in [3.05, 3.63) is 47.0 Å². The van der Waals surface area contributed by atoms with Gasteiger partial charge >= 0.3 is 18.0 Å². The topological polar surface area (TPSA) is 87.4 Å². The minimum Gasteiger partial charge on any atom is -0.468 e. The molecule has 1 aliphatic rings. The average molecular weight is 490 g/mol. The molecule has 2 aromatic rings. The number of carbonyl (C=O) groups excluding carboxylic acids is 2. The summed E-state index contributed by atoms with van der Waals surface area (Å²) in [7, 11) is 0.798. The first kappa shape index (κ1) is 25.8. The Morgan fingerprint density at radius 1 is 1.18 bits per heavy atom. The minimum atomic E-state index is -1.92. The molecule has 2 heterocycles. The second kappa shape index (κ2) is 10.2. The highest BCUT2D eigenvalue weighted by molar-refractivity contribution is 6.74. The van der Waals surface area contributed by atoms with Crippen LogP contribution in [0.1, 0.15) is 54.7 Å². The number of benzene rings is 1. The van der Waals surface area contributed by atoms with Crippen LogP contribution in [0.2, 0.25) is 18.1 Å². The highest BCUT2D eigenvalue weighted by Crippen LogP contribution is 2.43. The molecule has 1 amide bonds. The Labute approximate surface area is 202 Å². The number of esters is 1. The highest BCUT2D eigenvalue weighted by atomic mass is 28.4. The molecule has 34 heavy (non-hydrogen) atoms. The lowest BCUT2D eigenvalue weighted by atomic mass is 10.0. The molecule has 0 N–H and O–H groups in total. The van der Waals surface area contributed by atoms with Crippen molar-refractivity contribution in [2.24, 2.45) is 0 Å². The Hall–Kier alpha value is -2.78. The number of rotatable bonds is 9. The first-order chi connectivity index (χ1) is 16.0. The third-order valence-corrected chi connectivity index (χ3v) is 11.2. The van der Waals surface area contributed by atoms with E-state index < -0.39 is 26.4 Å². The van der Waals surface area contributed by atoms with E-state index in [2.05, 4.69) is 33.9 Å². The van der Waals surface area contributed by atoms with E-state index >= 15 is 0 Å². The number of amides is 1. The highest BCUT2D eigenvalue weighted by Gasteiger charge is 2.42. The summed E-state index contributed by atoms with van der Waals surface area (Å²) >= 11 is 0. The lowest BCUT2D eigenvalue weighted by Gasteiger charge is -2.36. The summed E-state index contributed by atoms with van der Waals surface area (Å²) in [5.74, 6) is -0.342. The van der Waals surface area contributed by atoms with Crippen LogP contribution >= 0.6 is 0 Å². The maximum absolute atomic E-state index is 12.8. The van der Waals surface area contributed by atoms with Crippen LogP contribution in [-0.2, 0) is 20.3 Å². The summed E-state index contributed by atoms with van der Waals surface area (Å²) in [6.45, 7) is 11.7. The Morgan fingerprint density at radius 3 is 2.44 bits per heavy atom. The summed E-state index contributed by atoms with van der Waals surface area (Å²) in [5, 5.41) is 0.0937. The van der Waals surface area contributed by atoms with Gasteiger partial charge in [0.25, 0.3) is 0 Å². The molecule has 1 aromatic carbocycles. The Kier molecular flexibility index (Phi) is 7.77. The molecule has 0 saturated carbocycles. The van der Waals surface area contributed by atoms with Crippen molar-refractivity contribution in [3.8, 4) is 5.95 Å². The predicted molar refractivity (Wildman–Crippen MR) is 131 cm³/mol. The fourth-order valence-corrected chi connectivity index (χ4v) is 4.76. The molecule has 0 aliphatic carbocycles. The number of hydrogen-bond donors (Lipinski definition) is 0. The van der Waals surface area contributed by atoms with Crippen LogP contribution in [0.25, 0.3) is 0 Å². The Morgan fingerprint density at radius 2 is 1.85 bits per heavy atom. The van der Waals surface area contributed by atoms with Crippen molar-refractivity contribution in [2.45, 2.75) is 57.8 Å². The molecular weight excluding hydrogens is 454 g/mol. The van der Waals surface area contributed by atoms with Crippen molar-refractivity contribution in [2.75, 3.05) is 32.3 Å². The molecule has 0 spiro atoms. The second-order valence-electron chi connectivity index (χ2n) is 9.83. The van der Waals surface area contributed by atoms with Gasteiger partial charge in [0.1, 0.15) is 18.2 Å². The van der Waals surface area contributed by atoms with Crippen LogP contribution in [0, 0.1) is 0 Å². The number of furan rings is 1. The van der Waals surface area contributed by atoms with E-state index in [1.807, 2.05) is 30.3 Å². The normalized spacial score (nSPS) is 16.5. The molecular formula is C25H35NO7Si. The van der Waals surface area contributed by atoms with Crippen molar-refractivity contribution in [1.29, 1.82) is 0 Å². The summed E-state index contributed by atoms with van der Waals surface area (Å²) < 4.78 is 28.0. The summed E-state index contributed by atoms with van der Waals surface area (Å²) in [6.07, 6.45) is 0.526. The summed E-state index contributed by atoms with van der Waals surface area (Å²) in [6, 6.07) is 9.17. The molecule has 1 aromatic heterocycles. The summed E-state index contributed by atoms with van der Waals surface area (Å²) in [4.78, 5) is 26.9. The van der Waals surface area contributed by atoms with Gasteiger partial charge in [0.15, 0.2) is 8.32 Å². The molecule has 1 aliphatic heterocycles. The van der Waals surface area contributed by atoms with E-state index in [1.54, 1.807) is 0 Å². The van der Waals surface area contributed by atoms with Gasteiger partial charge in [-0.2, -0.15) is 0 Å².